The Bertz CT molecular complexity index is 208. The predicted molar refractivity (Wildman–Crippen MR) is 61.5 cm³/mol. The molecule has 4 heteroatoms. The fourth-order valence-electron chi connectivity index (χ4n) is 2.09. The smallest absolute Gasteiger partial charge is 0.235 e. The second kappa shape index (κ2) is 6.08. The van der Waals surface area contributed by atoms with E-state index in [1.54, 1.807) is 7.05 Å². The minimum absolute atomic E-state index is 0.210. The molecule has 3 N–H and O–H groups in total. The van der Waals surface area contributed by atoms with Crippen LogP contribution in [0.3, 0.4) is 0 Å². The molecule has 1 saturated heterocycles. The number of carbonyl (C=O) groups is 1. The lowest BCUT2D eigenvalue weighted by Crippen LogP contribution is -2.48. The van der Waals surface area contributed by atoms with Gasteiger partial charge in [-0.25, -0.2) is 0 Å². The van der Waals surface area contributed by atoms with E-state index < -0.39 is 0 Å². The highest BCUT2D eigenvalue weighted by Gasteiger charge is 2.19. The molecule has 0 aromatic heterocycles. The second-order valence-corrected chi connectivity index (χ2v) is 4.58. The maximum Gasteiger partial charge on any atom is 0.235 e. The Kier molecular flexibility index (Phi) is 5.05. The largest absolute Gasteiger partial charge is 0.368 e. The molecule has 0 aliphatic carbocycles. The molecular weight excluding hydrogens is 190 g/mol. The summed E-state index contributed by atoms with van der Waals surface area (Å²) in [6, 6.07) is -0.210. The third-order valence-corrected chi connectivity index (χ3v) is 3.24. The summed E-state index contributed by atoms with van der Waals surface area (Å²) in [4.78, 5) is 13.4. The molecule has 4 nitrogen and oxygen atoms in total. The molecule has 1 heterocycles. The van der Waals surface area contributed by atoms with Crippen LogP contribution in [-0.4, -0.2) is 43.5 Å². The normalized spacial score (nSPS) is 25.9. The first-order valence-corrected chi connectivity index (χ1v) is 5.82. The summed E-state index contributed by atoms with van der Waals surface area (Å²) in [7, 11) is 1.79. The molecule has 0 saturated carbocycles. The van der Waals surface area contributed by atoms with E-state index in [0.29, 0.717) is 0 Å². The van der Waals surface area contributed by atoms with Gasteiger partial charge < -0.3 is 16.0 Å². The number of carbonyl (C=O) groups excluding carboxylic acids is 1. The Morgan fingerprint density at radius 1 is 1.53 bits per heavy atom. The van der Waals surface area contributed by atoms with Gasteiger partial charge in [-0.2, -0.15) is 0 Å². The Morgan fingerprint density at radius 3 is 2.87 bits per heavy atom. The molecule has 15 heavy (non-hydrogen) atoms. The highest BCUT2D eigenvalue weighted by Crippen LogP contribution is 2.16. The number of nitrogens with two attached hydrogens (primary N) is 1. The van der Waals surface area contributed by atoms with Crippen LogP contribution in [0.25, 0.3) is 0 Å². The fraction of sp³-hybridized carbons (Fsp3) is 0.909. The molecule has 1 amide bonds. The number of primary amides is 1. The van der Waals surface area contributed by atoms with Gasteiger partial charge in [-0.1, -0.05) is 6.92 Å². The van der Waals surface area contributed by atoms with Crippen molar-refractivity contribution in [1.29, 1.82) is 0 Å². The Balaban J connectivity index is 2.39. The molecule has 1 aliphatic rings. The van der Waals surface area contributed by atoms with E-state index in [0.717, 1.165) is 25.6 Å². The zero-order valence-electron chi connectivity index (χ0n) is 9.83. The van der Waals surface area contributed by atoms with E-state index in [9.17, 15) is 4.79 Å². The topological polar surface area (TPSA) is 58.4 Å². The number of likely N-dealkylation sites (N-methyl/N-ethyl adjacent to an activating group) is 1. The number of hydrogen-bond donors (Lipinski definition) is 2. The highest BCUT2D eigenvalue weighted by atomic mass is 16.1. The van der Waals surface area contributed by atoms with Crippen molar-refractivity contribution in [2.45, 2.75) is 32.2 Å². The monoisotopic (exact) mass is 213 g/mol. The van der Waals surface area contributed by atoms with Gasteiger partial charge in [-0.3, -0.25) is 4.79 Å². The van der Waals surface area contributed by atoms with Crippen molar-refractivity contribution >= 4 is 5.91 Å². The first-order valence-electron chi connectivity index (χ1n) is 5.82. The molecule has 0 bridgehead atoms. The fourth-order valence-corrected chi connectivity index (χ4v) is 2.09. The summed E-state index contributed by atoms with van der Waals surface area (Å²) in [6.45, 7) is 5.23. The summed E-state index contributed by atoms with van der Waals surface area (Å²) < 4.78 is 0. The average Bonchev–Trinajstić information content (AvgIpc) is 2.39. The minimum atomic E-state index is -0.255. The number of likely N-dealkylation sites (tertiary alicyclic amines) is 1. The lowest BCUT2D eigenvalue weighted by molar-refractivity contribution is -0.120. The summed E-state index contributed by atoms with van der Waals surface area (Å²) in [6.07, 6.45) is 3.77. The van der Waals surface area contributed by atoms with Crippen molar-refractivity contribution in [2.24, 2.45) is 11.7 Å². The van der Waals surface area contributed by atoms with Crippen LogP contribution >= 0.6 is 0 Å². The standard InChI is InChI=1S/C11H23N3O/c1-9-4-3-6-14(7-5-9)8-10(13-2)11(12)15/h9-10,13H,3-8H2,1-2H3,(H2,12,15). The van der Waals surface area contributed by atoms with Crippen LogP contribution in [0.5, 0.6) is 0 Å². The molecule has 2 atom stereocenters. The number of nitrogens with zero attached hydrogens (tertiary/aromatic N) is 1. The van der Waals surface area contributed by atoms with E-state index in [1.165, 1.54) is 19.3 Å². The molecule has 1 rings (SSSR count). The molecule has 0 radical (unpaired) electrons. The van der Waals surface area contributed by atoms with Crippen LogP contribution < -0.4 is 11.1 Å². The van der Waals surface area contributed by atoms with Crippen LogP contribution in [-0.2, 0) is 4.79 Å². The summed E-state index contributed by atoms with van der Waals surface area (Å²) >= 11 is 0. The Labute approximate surface area is 92.2 Å². The molecule has 0 aromatic carbocycles. The van der Waals surface area contributed by atoms with Crippen LogP contribution in [0, 0.1) is 5.92 Å². The molecule has 2 unspecified atom stereocenters. The number of amides is 1. The molecule has 0 aromatic rings. The van der Waals surface area contributed by atoms with Gasteiger partial charge in [0, 0.05) is 6.54 Å². The SMILES string of the molecule is CNC(CN1CCCC(C)CC1)C(N)=O. The van der Waals surface area contributed by atoms with Crippen LogP contribution in [0.15, 0.2) is 0 Å². The third kappa shape index (κ3) is 4.18. The van der Waals surface area contributed by atoms with E-state index in [-0.39, 0.29) is 11.9 Å². The molecule has 88 valence electrons. The van der Waals surface area contributed by atoms with Crippen molar-refractivity contribution in [3.63, 3.8) is 0 Å². The van der Waals surface area contributed by atoms with E-state index in [2.05, 4.69) is 17.1 Å². The van der Waals surface area contributed by atoms with Gasteiger partial charge in [0.1, 0.15) is 0 Å². The summed E-state index contributed by atoms with van der Waals surface area (Å²) in [5.41, 5.74) is 5.30. The zero-order valence-corrected chi connectivity index (χ0v) is 9.83. The first kappa shape index (κ1) is 12.5. The minimum Gasteiger partial charge on any atom is -0.368 e. The van der Waals surface area contributed by atoms with Gasteiger partial charge in [-0.05, 0) is 45.3 Å². The lowest BCUT2D eigenvalue weighted by atomic mass is 10.0. The van der Waals surface area contributed by atoms with Crippen LogP contribution in [0.4, 0.5) is 0 Å². The molecular formula is C11H23N3O. The van der Waals surface area contributed by atoms with Gasteiger partial charge >= 0.3 is 0 Å². The van der Waals surface area contributed by atoms with Gasteiger partial charge in [0.25, 0.3) is 0 Å². The van der Waals surface area contributed by atoms with Crippen LogP contribution in [0.2, 0.25) is 0 Å². The molecule has 1 aliphatic heterocycles. The number of hydrogen-bond acceptors (Lipinski definition) is 3. The first-order chi connectivity index (χ1) is 7.13. The highest BCUT2D eigenvalue weighted by molar-refractivity contribution is 5.80. The van der Waals surface area contributed by atoms with Crippen molar-refractivity contribution in [3.05, 3.63) is 0 Å². The van der Waals surface area contributed by atoms with E-state index >= 15 is 0 Å². The maximum atomic E-state index is 11.1. The van der Waals surface area contributed by atoms with Crippen molar-refractivity contribution in [1.82, 2.24) is 10.2 Å². The lowest BCUT2D eigenvalue weighted by Gasteiger charge is -2.24. The van der Waals surface area contributed by atoms with E-state index in [1.807, 2.05) is 0 Å². The van der Waals surface area contributed by atoms with Gasteiger partial charge in [0.05, 0.1) is 6.04 Å². The van der Waals surface area contributed by atoms with Gasteiger partial charge in [0.2, 0.25) is 5.91 Å². The number of rotatable bonds is 4. The van der Waals surface area contributed by atoms with Gasteiger partial charge in [-0.15, -0.1) is 0 Å². The molecule has 1 fully saturated rings. The molecule has 0 spiro atoms. The van der Waals surface area contributed by atoms with Gasteiger partial charge in [0.15, 0.2) is 0 Å². The Hall–Kier alpha value is -0.610. The zero-order chi connectivity index (χ0) is 11.3. The quantitative estimate of drug-likeness (QED) is 0.700. The second-order valence-electron chi connectivity index (χ2n) is 4.58. The van der Waals surface area contributed by atoms with Crippen LogP contribution in [0.1, 0.15) is 26.2 Å². The third-order valence-electron chi connectivity index (χ3n) is 3.24. The Morgan fingerprint density at radius 2 is 2.27 bits per heavy atom. The van der Waals surface area contributed by atoms with E-state index in [4.69, 9.17) is 5.73 Å². The predicted octanol–water partition coefficient (Wildman–Crippen LogP) is 0.182. The van der Waals surface area contributed by atoms with Crippen molar-refractivity contribution in [3.8, 4) is 0 Å². The number of nitrogens with one attached hydrogen (secondary N) is 1. The van der Waals surface area contributed by atoms with Crippen molar-refractivity contribution < 1.29 is 4.79 Å². The summed E-state index contributed by atoms with van der Waals surface area (Å²) in [5, 5.41) is 2.96. The van der Waals surface area contributed by atoms with Crippen molar-refractivity contribution in [2.75, 3.05) is 26.7 Å². The summed E-state index contributed by atoms with van der Waals surface area (Å²) in [5.74, 6) is 0.561. The average molecular weight is 213 g/mol. The maximum absolute atomic E-state index is 11.1.